The molecule has 3 aromatic rings. The normalized spacial score (nSPS) is 10.6. The highest BCUT2D eigenvalue weighted by molar-refractivity contribution is 5.72. The van der Waals surface area contributed by atoms with E-state index in [1.165, 1.54) is 0 Å². The van der Waals surface area contributed by atoms with Crippen molar-refractivity contribution in [2.75, 3.05) is 12.3 Å². The summed E-state index contributed by atoms with van der Waals surface area (Å²) in [6, 6.07) is 15.0. The third-order valence-corrected chi connectivity index (χ3v) is 2.86. The van der Waals surface area contributed by atoms with Gasteiger partial charge in [-0.15, -0.1) is 10.2 Å². The molecule has 0 fully saturated rings. The third-order valence-electron chi connectivity index (χ3n) is 2.86. The van der Waals surface area contributed by atoms with E-state index in [1.54, 1.807) is 6.07 Å². The highest BCUT2D eigenvalue weighted by atomic mass is 16.5. The van der Waals surface area contributed by atoms with Crippen molar-refractivity contribution in [1.82, 2.24) is 15.2 Å². The van der Waals surface area contributed by atoms with Crippen LogP contribution in [0.3, 0.4) is 0 Å². The summed E-state index contributed by atoms with van der Waals surface area (Å²) < 4.78 is 5.62. The SMILES string of the molecule is Nc1cccc(OCCc2nnc3ccccc3n2)c1. The van der Waals surface area contributed by atoms with E-state index in [4.69, 9.17) is 10.5 Å². The Morgan fingerprint density at radius 1 is 0.950 bits per heavy atom. The predicted molar refractivity (Wildman–Crippen MR) is 77.4 cm³/mol. The molecular formula is C15H14N4O. The minimum atomic E-state index is 0.490. The molecule has 5 nitrogen and oxygen atoms in total. The summed E-state index contributed by atoms with van der Waals surface area (Å²) >= 11 is 0. The molecule has 0 aliphatic rings. The van der Waals surface area contributed by atoms with Crippen LogP contribution < -0.4 is 10.5 Å². The van der Waals surface area contributed by atoms with E-state index < -0.39 is 0 Å². The van der Waals surface area contributed by atoms with Crippen molar-refractivity contribution < 1.29 is 4.74 Å². The number of benzene rings is 2. The van der Waals surface area contributed by atoms with Gasteiger partial charge in [0.25, 0.3) is 0 Å². The maximum absolute atomic E-state index is 5.69. The van der Waals surface area contributed by atoms with E-state index in [9.17, 15) is 0 Å². The van der Waals surface area contributed by atoms with Crippen LogP contribution in [0.2, 0.25) is 0 Å². The summed E-state index contributed by atoms with van der Waals surface area (Å²) in [7, 11) is 0. The molecule has 20 heavy (non-hydrogen) atoms. The Kier molecular flexibility index (Phi) is 3.41. The van der Waals surface area contributed by atoms with Crippen molar-refractivity contribution in [1.29, 1.82) is 0 Å². The first kappa shape index (κ1) is 12.3. The number of rotatable bonds is 4. The Hall–Kier alpha value is -2.69. The lowest BCUT2D eigenvalue weighted by molar-refractivity contribution is 0.318. The van der Waals surface area contributed by atoms with Gasteiger partial charge >= 0.3 is 0 Å². The van der Waals surface area contributed by atoms with Gasteiger partial charge in [0.15, 0.2) is 5.82 Å². The minimum absolute atomic E-state index is 0.490. The lowest BCUT2D eigenvalue weighted by Gasteiger charge is -2.06. The average molecular weight is 266 g/mol. The van der Waals surface area contributed by atoms with Crippen LogP contribution in [-0.2, 0) is 6.42 Å². The molecule has 0 bridgehead atoms. The molecule has 0 saturated heterocycles. The molecule has 100 valence electrons. The summed E-state index contributed by atoms with van der Waals surface area (Å²) in [6.07, 6.45) is 0.604. The molecule has 0 saturated carbocycles. The number of hydrogen-bond donors (Lipinski definition) is 1. The first-order valence-corrected chi connectivity index (χ1v) is 6.38. The van der Waals surface area contributed by atoms with Crippen LogP contribution in [0.4, 0.5) is 5.69 Å². The van der Waals surface area contributed by atoms with E-state index in [-0.39, 0.29) is 0 Å². The average Bonchev–Trinajstić information content (AvgIpc) is 2.47. The Morgan fingerprint density at radius 2 is 1.80 bits per heavy atom. The number of hydrogen-bond acceptors (Lipinski definition) is 5. The first-order chi connectivity index (χ1) is 9.81. The second-order valence-corrected chi connectivity index (χ2v) is 4.39. The summed E-state index contributed by atoms with van der Waals surface area (Å²) in [5, 5.41) is 8.22. The lowest BCUT2D eigenvalue weighted by Crippen LogP contribution is -2.06. The van der Waals surface area contributed by atoms with Crippen molar-refractivity contribution in [3.05, 3.63) is 54.4 Å². The molecule has 0 aliphatic carbocycles. The summed E-state index contributed by atoms with van der Waals surface area (Å²) in [6.45, 7) is 0.490. The molecule has 2 N–H and O–H groups in total. The van der Waals surface area contributed by atoms with Gasteiger partial charge < -0.3 is 10.5 Å². The lowest BCUT2D eigenvalue weighted by atomic mass is 10.3. The van der Waals surface area contributed by atoms with Crippen LogP contribution in [0.1, 0.15) is 5.82 Å². The van der Waals surface area contributed by atoms with Gasteiger partial charge in [0.1, 0.15) is 11.3 Å². The molecule has 2 aromatic carbocycles. The Morgan fingerprint density at radius 3 is 2.65 bits per heavy atom. The van der Waals surface area contributed by atoms with Gasteiger partial charge in [-0.1, -0.05) is 18.2 Å². The maximum atomic E-state index is 5.69. The topological polar surface area (TPSA) is 73.9 Å². The standard InChI is InChI=1S/C15H14N4O/c16-11-4-3-5-12(10-11)20-9-8-15-17-13-6-1-2-7-14(13)18-19-15/h1-7,10H,8-9,16H2. The number of anilines is 1. The second-order valence-electron chi connectivity index (χ2n) is 4.39. The fourth-order valence-corrected chi connectivity index (χ4v) is 1.89. The van der Waals surface area contributed by atoms with Crippen molar-refractivity contribution in [2.24, 2.45) is 0 Å². The van der Waals surface area contributed by atoms with Crippen LogP contribution in [-0.4, -0.2) is 21.8 Å². The van der Waals surface area contributed by atoms with E-state index in [2.05, 4.69) is 15.2 Å². The van der Waals surface area contributed by atoms with Crippen LogP contribution >= 0.6 is 0 Å². The number of nitrogens with zero attached hydrogens (tertiary/aromatic N) is 3. The van der Waals surface area contributed by atoms with E-state index in [0.29, 0.717) is 24.5 Å². The smallest absolute Gasteiger partial charge is 0.155 e. The fourth-order valence-electron chi connectivity index (χ4n) is 1.89. The highest BCUT2D eigenvalue weighted by Gasteiger charge is 2.02. The number of ether oxygens (including phenoxy) is 1. The minimum Gasteiger partial charge on any atom is -0.493 e. The molecule has 1 aromatic heterocycles. The van der Waals surface area contributed by atoms with Gasteiger partial charge in [-0.05, 0) is 24.3 Å². The van der Waals surface area contributed by atoms with Crippen molar-refractivity contribution in [3.8, 4) is 5.75 Å². The molecule has 1 heterocycles. The van der Waals surface area contributed by atoms with Crippen molar-refractivity contribution >= 4 is 16.7 Å². The van der Waals surface area contributed by atoms with E-state index >= 15 is 0 Å². The molecule has 0 radical (unpaired) electrons. The van der Waals surface area contributed by atoms with Gasteiger partial charge in [0.2, 0.25) is 0 Å². The first-order valence-electron chi connectivity index (χ1n) is 6.38. The van der Waals surface area contributed by atoms with Gasteiger partial charge in [-0.3, -0.25) is 0 Å². The van der Waals surface area contributed by atoms with Crippen molar-refractivity contribution in [2.45, 2.75) is 6.42 Å². The zero-order chi connectivity index (χ0) is 13.8. The van der Waals surface area contributed by atoms with Crippen LogP contribution in [0, 0.1) is 0 Å². The van der Waals surface area contributed by atoms with E-state index in [0.717, 1.165) is 16.8 Å². The number of para-hydroxylation sites is 1. The molecule has 0 spiro atoms. The van der Waals surface area contributed by atoms with Gasteiger partial charge in [0.05, 0.1) is 12.1 Å². The molecule has 0 atom stereocenters. The quantitative estimate of drug-likeness (QED) is 0.733. The Bertz CT molecular complexity index is 730. The third kappa shape index (κ3) is 2.83. The largest absolute Gasteiger partial charge is 0.493 e. The van der Waals surface area contributed by atoms with Crippen LogP contribution in [0.5, 0.6) is 5.75 Å². The summed E-state index contributed by atoms with van der Waals surface area (Å²) in [5.41, 5.74) is 8.02. The molecule has 0 aliphatic heterocycles. The zero-order valence-corrected chi connectivity index (χ0v) is 10.9. The van der Waals surface area contributed by atoms with Gasteiger partial charge in [-0.2, -0.15) is 0 Å². The van der Waals surface area contributed by atoms with Gasteiger partial charge in [0, 0.05) is 18.2 Å². The highest BCUT2D eigenvalue weighted by Crippen LogP contribution is 2.14. The van der Waals surface area contributed by atoms with E-state index in [1.807, 2.05) is 42.5 Å². The Labute approximate surface area is 116 Å². The zero-order valence-electron chi connectivity index (χ0n) is 10.9. The monoisotopic (exact) mass is 266 g/mol. The molecule has 0 unspecified atom stereocenters. The molecule has 3 rings (SSSR count). The number of nitrogens with two attached hydrogens (primary N) is 1. The Balaban J connectivity index is 1.65. The number of nitrogen functional groups attached to an aromatic ring is 1. The fraction of sp³-hybridized carbons (Fsp3) is 0.133. The van der Waals surface area contributed by atoms with Crippen LogP contribution in [0.25, 0.3) is 11.0 Å². The number of aromatic nitrogens is 3. The molecular weight excluding hydrogens is 252 g/mol. The van der Waals surface area contributed by atoms with Crippen molar-refractivity contribution in [3.63, 3.8) is 0 Å². The summed E-state index contributed by atoms with van der Waals surface area (Å²) in [4.78, 5) is 4.45. The molecule has 0 amide bonds. The summed E-state index contributed by atoms with van der Waals surface area (Å²) in [5.74, 6) is 1.42. The maximum Gasteiger partial charge on any atom is 0.155 e. The van der Waals surface area contributed by atoms with Gasteiger partial charge in [-0.25, -0.2) is 4.98 Å². The predicted octanol–water partition coefficient (Wildman–Crippen LogP) is 2.23. The van der Waals surface area contributed by atoms with Crippen LogP contribution in [0.15, 0.2) is 48.5 Å². The molecule has 5 heteroatoms. The second kappa shape index (κ2) is 5.52. The number of fused-ring (bicyclic) bond motifs is 1.